The Balaban J connectivity index is -0.000000145. The summed E-state index contributed by atoms with van der Waals surface area (Å²) in [5, 5.41) is 8.59. The Kier molecular flexibility index (Phi) is 23.0. The number of morpholine rings is 1. The van der Waals surface area contributed by atoms with Crippen molar-refractivity contribution in [2.45, 2.75) is 61.9 Å². The molecule has 1 aliphatic rings. The Hall–Kier alpha value is -0.266. The molecule has 0 saturated carbocycles. The summed E-state index contributed by atoms with van der Waals surface area (Å²) in [6.45, 7) is 12.7. The van der Waals surface area contributed by atoms with Crippen LogP contribution in [0.1, 0.15) is 67.0 Å². The van der Waals surface area contributed by atoms with E-state index in [1.54, 1.807) is 0 Å². The van der Waals surface area contributed by atoms with Gasteiger partial charge >= 0.3 is 0 Å². The first-order chi connectivity index (χ1) is 9.54. The zero-order valence-electron chi connectivity index (χ0n) is 13.7. The molecule has 1 heterocycles. The maximum Gasteiger partial charge on any atom is 0.0991 e. The molecule has 1 radical (unpaired) electrons. The summed E-state index contributed by atoms with van der Waals surface area (Å²) in [5.41, 5.74) is 1.97. The molecule has 1 saturated heterocycles. The van der Waals surface area contributed by atoms with Crippen molar-refractivity contribution in [3.63, 3.8) is 0 Å². The van der Waals surface area contributed by atoms with E-state index >= 15 is 0 Å². The number of hydrogen-bond donors (Lipinski definition) is 0. The fourth-order valence-electron chi connectivity index (χ4n) is 2.06. The van der Waals surface area contributed by atoms with Gasteiger partial charge < -0.3 is 4.74 Å². The monoisotopic (exact) mass is 411 g/mol. The standard InChI is InChI=1S/C10H11N.C7H15NO.3CH4.Y/c1-8(2)10-5-3-4-9(6-10)7-11;1-7(2)8-3-5-9-6-4-8;;;;/h3-6,8H,1-2H3;7H,3-6H2,1-2H3;3*1H4;. The van der Waals surface area contributed by atoms with E-state index in [2.05, 4.69) is 38.7 Å². The van der Waals surface area contributed by atoms with E-state index in [4.69, 9.17) is 10.00 Å². The van der Waals surface area contributed by atoms with Crippen molar-refractivity contribution in [2.24, 2.45) is 0 Å². The molecule has 0 amide bonds. The van der Waals surface area contributed by atoms with Crippen LogP contribution in [-0.2, 0) is 37.4 Å². The summed E-state index contributed by atoms with van der Waals surface area (Å²) in [7, 11) is 0. The van der Waals surface area contributed by atoms with Crippen molar-refractivity contribution in [1.29, 1.82) is 5.26 Å². The van der Waals surface area contributed by atoms with Crippen LogP contribution in [-0.4, -0.2) is 37.2 Å². The van der Waals surface area contributed by atoms with E-state index in [-0.39, 0.29) is 55.0 Å². The zero-order chi connectivity index (χ0) is 15.0. The molecule has 4 heteroatoms. The van der Waals surface area contributed by atoms with Crippen LogP contribution in [0.25, 0.3) is 0 Å². The first-order valence-electron chi connectivity index (χ1n) is 7.36. The maximum absolute atomic E-state index is 8.59. The SMILES string of the molecule is C.C.C.CC(C)N1CCOCC1.CC(C)c1cccc(C#N)c1.[Y]. The second-order valence-corrected chi connectivity index (χ2v) is 5.63. The average Bonchev–Trinajstić information content (AvgIpc) is 2.49. The van der Waals surface area contributed by atoms with Gasteiger partial charge in [0, 0.05) is 51.8 Å². The normalized spacial score (nSPS) is 13.0. The molecule has 1 fully saturated rings. The van der Waals surface area contributed by atoms with Crippen molar-refractivity contribution >= 4 is 0 Å². The van der Waals surface area contributed by atoms with Crippen molar-refractivity contribution in [1.82, 2.24) is 4.90 Å². The molecule has 1 aliphatic heterocycles. The van der Waals surface area contributed by atoms with Gasteiger partial charge in [-0.15, -0.1) is 0 Å². The van der Waals surface area contributed by atoms with Crippen molar-refractivity contribution in [3.8, 4) is 6.07 Å². The molecule has 137 valence electrons. The van der Waals surface area contributed by atoms with E-state index in [1.165, 1.54) is 5.56 Å². The third kappa shape index (κ3) is 12.1. The largest absolute Gasteiger partial charge is 0.379 e. The van der Waals surface area contributed by atoms with Crippen LogP contribution >= 0.6 is 0 Å². The van der Waals surface area contributed by atoms with Crippen molar-refractivity contribution in [3.05, 3.63) is 35.4 Å². The van der Waals surface area contributed by atoms with Crippen LogP contribution in [0.4, 0.5) is 0 Å². The van der Waals surface area contributed by atoms with Crippen LogP contribution in [0.15, 0.2) is 24.3 Å². The zero-order valence-corrected chi connectivity index (χ0v) is 16.5. The molecular weight excluding hydrogens is 373 g/mol. The molecule has 2 rings (SSSR count). The van der Waals surface area contributed by atoms with Gasteiger partial charge in [0.1, 0.15) is 0 Å². The third-order valence-corrected chi connectivity index (χ3v) is 3.46. The minimum atomic E-state index is 0. The maximum atomic E-state index is 8.59. The van der Waals surface area contributed by atoms with Crippen LogP contribution in [0.5, 0.6) is 0 Å². The molecule has 0 N–H and O–H groups in total. The molecule has 0 atom stereocenters. The Bertz CT molecular complexity index is 436. The third-order valence-electron chi connectivity index (χ3n) is 3.46. The number of ether oxygens (including phenoxy) is 1. The average molecular weight is 411 g/mol. The first kappa shape index (κ1) is 31.5. The Morgan fingerprint density at radius 3 is 1.96 bits per heavy atom. The second-order valence-electron chi connectivity index (χ2n) is 5.63. The summed E-state index contributed by atoms with van der Waals surface area (Å²) in [6, 6.07) is 10.5. The van der Waals surface area contributed by atoms with Gasteiger partial charge in [-0.3, -0.25) is 4.90 Å². The van der Waals surface area contributed by atoms with E-state index in [0.29, 0.717) is 12.0 Å². The minimum Gasteiger partial charge on any atom is -0.379 e. The van der Waals surface area contributed by atoms with Crippen LogP contribution in [0.2, 0.25) is 0 Å². The smallest absolute Gasteiger partial charge is 0.0991 e. The molecule has 1 aromatic carbocycles. The molecule has 0 aliphatic carbocycles. The predicted octanol–water partition coefficient (Wildman–Crippen LogP) is 5.31. The number of nitriles is 1. The molecule has 24 heavy (non-hydrogen) atoms. The molecule has 0 unspecified atom stereocenters. The Morgan fingerprint density at radius 2 is 1.58 bits per heavy atom. The number of benzene rings is 1. The fourth-order valence-corrected chi connectivity index (χ4v) is 2.06. The van der Waals surface area contributed by atoms with Crippen LogP contribution in [0, 0.1) is 11.3 Å². The molecule has 3 nitrogen and oxygen atoms in total. The molecule has 1 aromatic rings. The summed E-state index contributed by atoms with van der Waals surface area (Å²) in [4.78, 5) is 2.43. The van der Waals surface area contributed by atoms with E-state index in [1.807, 2.05) is 24.3 Å². The quantitative estimate of drug-likeness (QED) is 0.661. The molecular formula is C20H38N2OY. The van der Waals surface area contributed by atoms with Crippen molar-refractivity contribution in [2.75, 3.05) is 26.3 Å². The van der Waals surface area contributed by atoms with E-state index in [9.17, 15) is 0 Å². The first-order valence-corrected chi connectivity index (χ1v) is 7.36. The van der Waals surface area contributed by atoms with Crippen LogP contribution < -0.4 is 0 Å². The van der Waals surface area contributed by atoms with Gasteiger partial charge in [0.25, 0.3) is 0 Å². The van der Waals surface area contributed by atoms with E-state index in [0.717, 1.165) is 31.9 Å². The van der Waals surface area contributed by atoms with Gasteiger partial charge in [-0.05, 0) is 37.5 Å². The topological polar surface area (TPSA) is 36.3 Å². The summed E-state index contributed by atoms with van der Waals surface area (Å²) >= 11 is 0. The fraction of sp³-hybridized carbons (Fsp3) is 0.650. The Morgan fingerprint density at radius 1 is 1.04 bits per heavy atom. The second kappa shape index (κ2) is 17.6. The summed E-state index contributed by atoms with van der Waals surface area (Å²) in [5.74, 6) is 0.503. The minimum absolute atomic E-state index is 0. The molecule has 0 bridgehead atoms. The summed E-state index contributed by atoms with van der Waals surface area (Å²) < 4.78 is 5.21. The predicted molar refractivity (Wildman–Crippen MR) is 103 cm³/mol. The molecule has 0 aromatic heterocycles. The Labute approximate surface area is 176 Å². The van der Waals surface area contributed by atoms with Gasteiger partial charge in [0.15, 0.2) is 0 Å². The van der Waals surface area contributed by atoms with Gasteiger partial charge in [-0.25, -0.2) is 0 Å². The van der Waals surface area contributed by atoms with Gasteiger partial charge in [0.2, 0.25) is 0 Å². The molecule has 0 spiro atoms. The number of nitrogens with zero attached hydrogens (tertiary/aromatic N) is 2. The van der Waals surface area contributed by atoms with Gasteiger partial charge in [-0.2, -0.15) is 5.26 Å². The van der Waals surface area contributed by atoms with Crippen LogP contribution in [0.3, 0.4) is 0 Å². The van der Waals surface area contributed by atoms with Gasteiger partial charge in [0.05, 0.1) is 24.8 Å². The number of rotatable bonds is 2. The number of hydrogen-bond acceptors (Lipinski definition) is 3. The van der Waals surface area contributed by atoms with E-state index < -0.39 is 0 Å². The summed E-state index contributed by atoms with van der Waals surface area (Å²) in [6.07, 6.45) is 0. The van der Waals surface area contributed by atoms with Crippen molar-refractivity contribution < 1.29 is 37.4 Å². The van der Waals surface area contributed by atoms with Gasteiger partial charge in [-0.1, -0.05) is 48.3 Å².